The lowest BCUT2D eigenvalue weighted by Gasteiger charge is -2.43. The first-order valence-electron chi connectivity index (χ1n) is 4.27. The minimum atomic E-state index is -5.14. The molecular weight excluding hydrogens is 247 g/mol. The zero-order valence-corrected chi connectivity index (χ0v) is 9.06. The highest BCUT2D eigenvalue weighted by Crippen LogP contribution is 2.44. The fourth-order valence-corrected chi connectivity index (χ4v) is 1.82. The van der Waals surface area contributed by atoms with E-state index in [4.69, 9.17) is 9.79 Å². The van der Waals surface area contributed by atoms with Crippen molar-refractivity contribution < 1.29 is 44.0 Å². The van der Waals surface area contributed by atoms with Gasteiger partial charge in [0.2, 0.25) is 0 Å². The van der Waals surface area contributed by atoms with Gasteiger partial charge in [0, 0.05) is 0 Å². The maximum absolute atomic E-state index is 10.5. The first-order chi connectivity index (χ1) is 7.07. The SMILES string of the molecule is C[C@@H]1OC(O)(OP(=O)(O)O)[C@@H](O)[C@H](O)[C@@H]1O. The first-order valence-corrected chi connectivity index (χ1v) is 5.80. The van der Waals surface area contributed by atoms with Gasteiger partial charge in [-0.25, -0.2) is 9.09 Å². The van der Waals surface area contributed by atoms with Crippen molar-refractivity contribution in [2.75, 3.05) is 0 Å². The number of hydrogen-bond acceptors (Lipinski definition) is 7. The van der Waals surface area contributed by atoms with E-state index >= 15 is 0 Å². The monoisotopic (exact) mass is 260 g/mol. The number of aliphatic hydroxyl groups excluding tert-OH is 3. The predicted molar refractivity (Wildman–Crippen MR) is 46.6 cm³/mol. The molecule has 6 N–H and O–H groups in total. The van der Waals surface area contributed by atoms with Crippen LogP contribution >= 0.6 is 7.82 Å². The molecule has 0 aliphatic carbocycles. The van der Waals surface area contributed by atoms with Gasteiger partial charge in [0.15, 0.2) is 6.10 Å². The van der Waals surface area contributed by atoms with Crippen molar-refractivity contribution in [3.05, 3.63) is 0 Å². The summed E-state index contributed by atoms with van der Waals surface area (Å²) in [4.78, 5) is 17.0. The second kappa shape index (κ2) is 4.30. The minimum absolute atomic E-state index is 1.19. The fourth-order valence-electron chi connectivity index (χ4n) is 1.33. The van der Waals surface area contributed by atoms with Gasteiger partial charge < -0.3 is 34.9 Å². The van der Waals surface area contributed by atoms with Crippen LogP contribution in [0.25, 0.3) is 0 Å². The van der Waals surface area contributed by atoms with Crippen LogP contribution in [-0.2, 0) is 13.8 Å². The summed E-state index contributed by atoms with van der Waals surface area (Å²) in [6.07, 6.45) is -6.78. The molecule has 1 aliphatic rings. The maximum Gasteiger partial charge on any atom is 0.474 e. The lowest BCUT2D eigenvalue weighted by Crippen LogP contribution is -2.64. The quantitative estimate of drug-likeness (QED) is 0.228. The van der Waals surface area contributed by atoms with Gasteiger partial charge in [0.1, 0.15) is 12.2 Å². The number of hydrogen-bond donors (Lipinski definition) is 6. The highest BCUT2D eigenvalue weighted by molar-refractivity contribution is 7.46. The van der Waals surface area contributed by atoms with Crippen molar-refractivity contribution in [1.29, 1.82) is 0 Å². The molecule has 0 radical (unpaired) electrons. The summed E-state index contributed by atoms with van der Waals surface area (Å²) in [6.45, 7) is 1.22. The molecule has 0 amide bonds. The molecule has 0 aromatic carbocycles. The Hall–Kier alpha value is -0.0900. The van der Waals surface area contributed by atoms with E-state index < -0.39 is 38.2 Å². The van der Waals surface area contributed by atoms with Crippen LogP contribution in [0.1, 0.15) is 6.92 Å². The molecular formula is C6H13O9P. The smallest absolute Gasteiger partial charge is 0.388 e. The van der Waals surface area contributed by atoms with Crippen LogP contribution in [0, 0.1) is 0 Å². The third-order valence-electron chi connectivity index (χ3n) is 2.13. The van der Waals surface area contributed by atoms with Crippen LogP contribution in [0.5, 0.6) is 0 Å². The molecule has 0 bridgehead atoms. The van der Waals surface area contributed by atoms with Gasteiger partial charge in [-0.3, -0.25) is 0 Å². The molecule has 1 unspecified atom stereocenters. The summed E-state index contributed by atoms with van der Waals surface area (Å²) in [5.74, 6) is -3.07. The number of ether oxygens (including phenoxy) is 1. The maximum atomic E-state index is 10.5. The van der Waals surface area contributed by atoms with Crippen molar-refractivity contribution in [2.24, 2.45) is 0 Å². The van der Waals surface area contributed by atoms with E-state index in [9.17, 15) is 25.0 Å². The van der Waals surface area contributed by atoms with E-state index in [0.717, 1.165) is 0 Å². The third-order valence-corrected chi connectivity index (χ3v) is 2.63. The normalized spacial score (nSPS) is 45.7. The Morgan fingerprint density at radius 3 is 2.19 bits per heavy atom. The van der Waals surface area contributed by atoms with Crippen molar-refractivity contribution in [3.8, 4) is 0 Å². The van der Waals surface area contributed by atoms with Crippen LogP contribution < -0.4 is 0 Å². The Bertz CT molecular complexity index is 302. The molecule has 1 fully saturated rings. The van der Waals surface area contributed by atoms with E-state index in [1.807, 2.05) is 0 Å². The van der Waals surface area contributed by atoms with Crippen LogP contribution in [-0.4, -0.2) is 60.6 Å². The summed E-state index contributed by atoms with van der Waals surface area (Å²) in [6, 6.07) is 0. The van der Waals surface area contributed by atoms with Crippen LogP contribution in [0.4, 0.5) is 0 Å². The highest BCUT2D eigenvalue weighted by atomic mass is 31.2. The number of phosphoric acid groups is 1. The molecule has 0 spiro atoms. The summed E-state index contributed by atoms with van der Waals surface area (Å²) in [5, 5.41) is 37.3. The second-order valence-corrected chi connectivity index (χ2v) is 4.63. The molecule has 1 rings (SSSR count). The van der Waals surface area contributed by atoms with Gasteiger partial charge in [0.05, 0.1) is 6.10 Å². The molecule has 5 atom stereocenters. The zero-order chi connectivity index (χ0) is 12.7. The molecule has 1 heterocycles. The topological polar surface area (TPSA) is 157 Å². The second-order valence-electron chi connectivity index (χ2n) is 3.46. The standard InChI is InChI=1S/C6H13O9P/c1-2-3(7)4(8)5(9)6(10,14-2)15-16(11,12)13/h2-5,7-10H,1H3,(H2,11,12,13)/t2-,3+,4+,5-,6?/m0/s1. The molecule has 1 aliphatic heterocycles. The summed E-state index contributed by atoms with van der Waals surface area (Å²) in [7, 11) is -5.14. The van der Waals surface area contributed by atoms with Crippen molar-refractivity contribution in [2.45, 2.75) is 37.3 Å². The zero-order valence-electron chi connectivity index (χ0n) is 8.16. The van der Waals surface area contributed by atoms with Gasteiger partial charge in [0.25, 0.3) is 0 Å². The summed E-state index contributed by atoms with van der Waals surface area (Å²) >= 11 is 0. The Labute approximate surface area is 90.1 Å². The number of rotatable bonds is 2. The van der Waals surface area contributed by atoms with E-state index in [1.54, 1.807) is 0 Å². The lowest BCUT2D eigenvalue weighted by atomic mass is 9.99. The van der Waals surface area contributed by atoms with E-state index in [2.05, 4.69) is 9.26 Å². The van der Waals surface area contributed by atoms with E-state index in [-0.39, 0.29) is 0 Å². The summed E-state index contributed by atoms with van der Waals surface area (Å²) in [5.41, 5.74) is 0. The largest absolute Gasteiger partial charge is 0.474 e. The van der Waals surface area contributed by atoms with Crippen molar-refractivity contribution >= 4 is 7.82 Å². The van der Waals surface area contributed by atoms with E-state index in [1.165, 1.54) is 6.92 Å². The van der Waals surface area contributed by atoms with Crippen LogP contribution in [0.3, 0.4) is 0 Å². The Balaban J connectivity index is 2.91. The van der Waals surface area contributed by atoms with Crippen molar-refractivity contribution in [3.63, 3.8) is 0 Å². The molecule has 1 saturated heterocycles. The minimum Gasteiger partial charge on any atom is -0.388 e. The van der Waals surface area contributed by atoms with Crippen LogP contribution in [0.15, 0.2) is 0 Å². The average Bonchev–Trinajstić information content (AvgIpc) is 2.09. The predicted octanol–water partition coefficient (Wildman–Crippen LogP) is -2.76. The number of aliphatic hydroxyl groups is 4. The Kier molecular flexibility index (Phi) is 3.75. The van der Waals surface area contributed by atoms with Gasteiger partial charge in [-0.15, -0.1) is 0 Å². The Morgan fingerprint density at radius 1 is 1.25 bits per heavy atom. The Morgan fingerprint density at radius 2 is 1.75 bits per heavy atom. The average molecular weight is 260 g/mol. The molecule has 16 heavy (non-hydrogen) atoms. The van der Waals surface area contributed by atoms with Crippen molar-refractivity contribution in [1.82, 2.24) is 0 Å². The summed E-state index contributed by atoms with van der Waals surface area (Å²) < 4.78 is 18.9. The third kappa shape index (κ3) is 2.77. The first kappa shape index (κ1) is 14.0. The molecule has 9 nitrogen and oxygen atoms in total. The van der Waals surface area contributed by atoms with E-state index in [0.29, 0.717) is 0 Å². The highest BCUT2D eigenvalue weighted by Gasteiger charge is 2.55. The lowest BCUT2D eigenvalue weighted by molar-refractivity contribution is -0.421. The van der Waals surface area contributed by atoms with Gasteiger partial charge in [-0.1, -0.05) is 0 Å². The molecule has 10 heteroatoms. The molecule has 96 valence electrons. The van der Waals surface area contributed by atoms with Gasteiger partial charge in [-0.2, -0.15) is 0 Å². The van der Waals surface area contributed by atoms with Crippen LogP contribution in [0.2, 0.25) is 0 Å². The number of phosphoric ester groups is 1. The molecule has 0 aromatic heterocycles. The molecule has 0 aromatic rings. The van der Waals surface area contributed by atoms with Gasteiger partial charge >= 0.3 is 13.8 Å². The van der Waals surface area contributed by atoms with Gasteiger partial charge in [-0.05, 0) is 6.92 Å². The molecule has 0 saturated carbocycles. The fraction of sp³-hybridized carbons (Fsp3) is 1.00.